The lowest BCUT2D eigenvalue weighted by atomic mass is 9.91. The first-order valence-electron chi connectivity index (χ1n) is 9.22. The van der Waals surface area contributed by atoms with Crippen LogP contribution in [-0.4, -0.2) is 48.8 Å². The number of carbonyl (C=O) groups is 3. The fourth-order valence-corrected chi connectivity index (χ4v) is 3.39. The highest BCUT2D eigenvalue weighted by Gasteiger charge is 2.29. The van der Waals surface area contributed by atoms with Crippen LogP contribution in [0.3, 0.4) is 0 Å². The summed E-state index contributed by atoms with van der Waals surface area (Å²) in [5.74, 6) is -1.76. The molecule has 1 aromatic rings. The van der Waals surface area contributed by atoms with E-state index < -0.39 is 23.1 Å². The minimum absolute atomic E-state index is 0.104. The molecule has 0 fully saturated rings. The predicted octanol–water partition coefficient (Wildman–Crippen LogP) is 2.08. The van der Waals surface area contributed by atoms with Crippen molar-refractivity contribution in [2.24, 2.45) is 11.8 Å². The Balaban J connectivity index is 2.91. The summed E-state index contributed by atoms with van der Waals surface area (Å²) in [5.41, 5.74) is 0.744. The van der Waals surface area contributed by atoms with Crippen LogP contribution < -0.4 is 15.4 Å². The molecule has 0 aliphatic heterocycles. The average Bonchev–Trinajstić information content (AvgIpc) is 2.65. The summed E-state index contributed by atoms with van der Waals surface area (Å²) in [6.07, 6.45) is 0.311. The number of nitrogens with one attached hydrogen (secondary N) is 2. The number of methoxy groups -OCH3 is 1. The van der Waals surface area contributed by atoms with Crippen molar-refractivity contribution < 1.29 is 24.2 Å². The number of hydrogen-bond donors (Lipinski definition) is 4. The Morgan fingerprint density at radius 3 is 2.21 bits per heavy atom. The maximum absolute atomic E-state index is 12.7. The first-order chi connectivity index (χ1) is 13.2. The molecular formula is C20H30N2O5S. The van der Waals surface area contributed by atoms with Gasteiger partial charge in [-0.2, -0.15) is 12.6 Å². The zero-order chi connectivity index (χ0) is 21.3. The lowest BCUT2D eigenvalue weighted by Crippen LogP contribution is -2.41. The van der Waals surface area contributed by atoms with E-state index in [1.165, 1.54) is 0 Å². The zero-order valence-corrected chi connectivity index (χ0v) is 17.7. The predicted molar refractivity (Wildman–Crippen MR) is 111 cm³/mol. The Kier molecular flexibility index (Phi) is 9.85. The topological polar surface area (TPSA) is 105 Å². The number of carbonyl (C=O) groups excluding carboxylic acids is 2. The van der Waals surface area contributed by atoms with E-state index in [0.717, 1.165) is 5.56 Å². The average molecular weight is 411 g/mol. The molecule has 3 N–H and O–H groups in total. The van der Waals surface area contributed by atoms with Gasteiger partial charge in [-0.25, -0.2) is 0 Å². The molecule has 156 valence electrons. The second-order valence-corrected chi connectivity index (χ2v) is 7.75. The number of likely N-dealkylation sites (N-methyl/N-ethyl adjacent to an activating group) is 1. The second-order valence-electron chi connectivity index (χ2n) is 7.09. The van der Waals surface area contributed by atoms with Gasteiger partial charge in [-0.1, -0.05) is 26.0 Å². The van der Waals surface area contributed by atoms with Gasteiger partial charge >= 0.3 is 5.97 Å². The van der Waals surface area contributed by atoms with E-state index >= 15 is 0 Å². The minimum Gasteiger partial charge on any atom is -0.497 e. The van der Waals surface area contributed by atoms with Gasteiger partial charge in [-0.15, -0.1) is 0 Å². The minimum atomic E-state index is -0.997. The molecule has 0 saturated carbocycles. The number of aliphatic carboxylic acids is 1. The van der Waals surface area contributed by atoms with E-state index in [1.807, 2.05) is 13.8 Å². The van der Waals surface area contributed by atoms with Crippen molar-refractivity contribution in [2.75, 3.05) is 20.7 Å². The Morgan fingerprint density at radius 1 is 1.14 bits per heavy atom. The normalized spacial score (nSPS) is 14.1. The summed E-state index contributed by atoms with van der Waals surface area (Å²) in [6, 6.07) is 7.07. The molecule has 8 heteroatoms. The Hall–Kier alpha value is -2.22. The smallest absolute Gasteiger partial charge is 0.304 e. The third-order valence-electron chi connectivity index (χ3n) is 4.47. The monoisotopic (exact) mass is 410 g/mol. The molecule has 1 rings (SSSR count). The van der Waals surface area contributed by atoms with Crippen LogP contribution in [0.15, 0.2) is 24.3 Å². The van der Waals surface area contributed by atoms with E-state index in [2.05, 4.69) is 23.3 Å². The van der Waals surface area contributed by atoms with Crippen LogP contribution >= 0.6 is 12.6 Å². The van der Waals surface area contributed by atoms with Gasteiger partial charge in [0.2, 0.25) is 11.8 Å². The maximum atomic E-state index is 12.7. The van der Waals surface area contributed by atoms with E-state index in [9.17, 15) is 14.4 Å². The molecule has 1 aromatic carbocycles. The van der Waals surface area contributed by atoms with Crippen LogP contribution in [-0.2, 0) is 14.4 Å². The molecule has 2 unspecified atom stereocenters. The highest BCUT2D eigenvalue weighted by molar-refractivity contribution is 7.81. The van der Waals surface area contributed by atoms with E-state index in [-0.39, 0.29) is 30.7 Å². The largest absolute Gasteiger partial charge is 0.497 e. The summed E-state index contributed by atoms with van der Waals surface area (Å²) in [4.78, 5) is 36.1. The molecule has 0 aliphatic rings. The number of benzene rings is 1. The second kappa shape index (κ2) is 11.6. The highest BCUT2D eigenvalue weighted by atomic mass is 32.1. The van der Waals surface area contributed by atoms with Gasteiger partial charge in [0.1, 0.15) is 5.75 Å². The van der Waals surface area contributed by atoms with E-state index in [4.69, 9.17) is 9.84 Å². The number of ether oxygens (including phenoxy) is 1. The number of thiol groups is 1. The first kappa shape index (κ1) is 23.8. The summed E-state index contributed by atoms with van der Waals surface area (Å²) in [7, 11) is 3.10. The molecule has 2 amide bonds. The molecule has 0 aliphatic carbocycles. The van der Waals surface area contributed by atoms with Crippen molar-refractivity contribution in [1.82, 2.24) is 10.6 Å². The zero-order valence-electron chi connectivity index (χ0n) is 16.8. The molecule has 0 radical (unpaired) electrons. The number of hydrogen-bond acceptors (Lipinski definition) is 5. The number of rotatable bonds is 11. The van der Waals surface area contributed by atoms with Crippen molar-refractivity contribution in [3.63, 3.8) is 0 Å². The molecule has 7 nitrogen and oxygen atoms in total. The Bertz CT molecular complexity index is 663. The van der Waals surface area contributed by atoms with Crippen molar-refractivity contribution in [3.8, 4) is 5.75 Å². The number of amides is 2. The van der Waals surface area contributed by atoms with Crippen molar-refractivity contribution in [3.05, 3.63) is 29.8 Å². The summed E-state index contributed by atoms with van der Waals surface area (Å²) >= 11 is 4.34. The molecule has 0 spiro atoms. The van der Waals surface area contributed by atoms with Gasteiger partial charge in [0, 0.05) is 18.8 Å². The van der Waals surface area contributed by atoms with Gasteiger partial charge < -0.3 is 20.5 Å². The molecule has 0 saturated heterocycles. The molecule has 0 heterocycles. The van der Waals surface area contributed by atoms with Gasteiger partial charge in [0.25, 0.3) is 0 Å². The van der Waals surface area contributed by atoms with Crippen molar-refractivity contribution in [1.29, 1.82) is 0 Å². The summed E-state index contributed by atoms with van der Waals surface area (Å²) in [5, 5.41) is 13.8. The van der Waals surface area contributed by atoms with Crippen LogP contribution in [0.25, 0.3) is 0 Å². The highest BCUT2D eigenvalue weighted by Crippen LogP contribution is 2.24. The van der Waals surface area contributed by atoms with Crippen LogP contribution in [0.5, 0.6) is 5.75 Å². The lowest BCUT2D eigenvalue weighted by Gasteiger charge is -2.24. The summed E-state index contributed by atoms with van der Waals surface area (Å²) < 4.78 is 5.13. The van der Waals surface area contributed by atoms with Crippen molar-refractivity contribution in [2.45, 2.75) is 37.9 Å². The third-order valence-corrected chi connectivity index (χ3v) is 5.01. The van der Waals surface area contributed by atoms with Crippen LogP contribution in [0.1, 0.15) is 38.2 Å². The van der Waals surface area contributed by atoms with E-state index in [1.54, 1.807) is 38.4 Å². The molecule has 0 aromatic heterocycles. The van der Waals surface area contributed by atoms with Crippen LogP contribution in [0.4, 0.5) is 0 Å². The van der Waals surface area contributed by atoms with Gasteiger partial charge in [0.05, 0.1) is 25.4 Å². The van der Waals surface area contributed by atoms with E-state index in [0.29, 0.717) is 12.2 Å². The van der Waals surface area contributed by atoms with Crippen LogP contribution in [0, 0.1) is 11.8 Å². The maximum Gasteiger partial charge on any atom is 0.304 e. The molecule has 3 atom stereocenters. The number of carboxylic acid groups (broad SMARTS) is 1. The molecule has 0 bridgehead atoms. The summed E-state index contributed by atoms with van der Waals surface area (Å²) in [6.45, 7) is 4.03. The standard InChI is InChI=1S/C20H30N2O5S/c1-12(2)9-15(17(28)10-18(23)24)20(26)22-11-16(19(25)21-3)13-5-7-14(27-4)8-6-13/h5-8,12,15-17,28H,9-11H2,1-4H3,(H,21,25)(H,22,26)(H,23,24)/t15?,16-,17?/m1/s1. The molecular weight excluding hydrogens is 380 g/mol. The van der Waals surface area contributed by atoms with Crippen molar-refractivity contribution >= 4 is 30.4 Å². The quantitative estimate of drug-likeness (QED) is 0.418. The van der Waals surface area contributed by atoms with Gasteiger partial charge in [-0.05, 0) is 30.0 Å². The van der Waals surface area contributed by atoms with Gasteiger partial charge in [-0.3, -0.25) is 14.4 Å². The SMILES string of the molecule is CNC(=O)[C@H](CNC(=O)C(CC(C)C)C(S)CC(=O)O)c1ccc(OC)cc1. The molecule has 28 heavy (non-hydrogen) atoms. The first-order valence-corrected chi connectivity index (χ1v) is 9.74. The lowest BCUT2D eigenvalue weighted by molar-refractivity contribution is -0.137. The van der Waals surface area contributed by atoms with Crippen LogP contribution in [0.2, 0.25) is 0 Å². The fraction of sp³-hybridized carbons (Fsp3) is 0.550. The van der Waals surface area contributed by atoms with Gasteiger partial charge in [0.15, 0.2) is 0 Å². The third kappa shape index (κ3) is 7.42. The Labute approximate surface area is 171 Å². The number of carboxylic acids is 1. The fourth-order valence-electron chi connectivity index (χ4n) is 2.97. The Morgan fingerprint density at radius 2 is 1.75 bits per heavy atom.